The van der Waals surface area contributed by atoms with Crippen LogP contribution in [-0.2, 0) is 9.53 Å². The second-order valence-corrected chi connectivity index (χ2v) is 8.72. The van der Waals surface area contributed by atoms with Crippen molar-refractivity contribution in [3.05, 3.63) is 71.4 Å². The monoisotopic (exact) mass is 478 g/mol. The van der Waals surface area contributed by atoms with Crippen molar-refractivity contribution in [1.82, 2.24) is 20.0 Å². The lowest BCUT2D eigenvalue weighted by molar-refractivity contribution is -0.139. The molecule has 0 aliphatic carbocycles. The molecular formula is C27H34N4O4. The first-order valence-electron chi connectivity index (χ1n) is 12.2. The second-order valence-electron chi connectivity index (χ2n) is 8.72. The third-order valence-electron chi connectivity index (χ3n) is 6.53. The van der Waals surface area contributed by atoms with Gasteiger partial charge in [0.25, 0.3) is 0 Å². The van der Waals surface area contributed by atoms with Crippen molar-refractivity contribution in [2.24, 2.45) is 0 Å². The number of carbonyl (C=O) groups excluding carboxylic acids is 2. The van der Waals surface area contributed by atoms with Gasteiger partial charge in [-0.1, -0.05) is 37.3 Å². The second kappa shape index (κ2) is 11.4. The fourth-order valence-corrected chi connectivity index (χ4v) is 4.51. The Morgan fingerprint density at radius 2 is 1.66 bits per heavy atom. The predicted octanol–water partition coefficient (Wildman–Crippen LogP) is 3.63. The summed E-state index contributed by atoms with van der Waals surface area (Å²) in [7, 11) is 1.71. The van der Waals surface area contributed by atoms with Gasteiger partial charge in [0.15, 0.2) is 0 Å². The van der Waals surface area contributed by atoms with Crippen molar-refractivity contribution >= 4 is 12.0 Å². The van der Waals surface area contributed by atoms with Gasteiger partial charge in [-0.25, -0.2) is 9.59 Å². The molecule has 1 fully saturated rings. The van der Waals surface area contributed by atoms with Crippen LogP contribution < -0.4 is 10.1 Å². The first-order chi connectivity index (χ1) is 17.0. The fourth-order valence-electron chi connectivity index (χ4n) is 4.51. The normalized spacial score (nSPS) is 19.5. The van der Waals surface area contributed by atoms with Crippen molar-refractivity contribution in [3.8, 4) is 11.5 Å². The quantitative estimate of drug-likeness (QED) is 0.584. The van der Waals surface area contributed by atoms with Gasteiger partial charge in [0, 0.05) is 45.5 Å². The molecule has 0 bridgehead atoms. The molecule has 0 spiro atoms. The molecule has 8 heteroatoms. The van der Waals surface area contributed by atoms with Crippen molar-refractivity contribution in [1.29, 1.82) is 0 Å². The number of ether oxygens (including phenoxy) is 2. The van der Waals surface area contributed by atoms with Crippen LogP contribution in [0, 0.1) is 0 Å². The van der Waals surface area contributed by atoms with E-state index in [4.69, 9.17) is 9.47 Å². The summed E-state index contributed by atoms with van der Waals surface area (Å²) in [5.74, 6) is 0.924. The molecule has 0 aromatic heterocycles. The van der Waals surface area contributed by atoms with Crippen molar-refractivity contribution in [2.45, 2.75) is 19.9 Å². The van der Waals surface area contributed by atoms with Gasteiger partial charge in [-0.2, -0.15) is 0 Å². The summed E-state index contributed by atoms with van der Waals surface area (Å²) < 4.78 is 11.5. The Bertz CT molecular complexity index is 1060. The van der Waals surface area contributed by atoms with E-state index in [0.29, 0.717) is 29.3 Å². The number of rotatable bonds is 8. The highest BCUT2D eigenvalue weighted by Gasteiger charge is 2.37. The van der Waals surface area contributed by atoms with E-state index in [1.54, 1.807) is 18.9 Å². The minimum atomic E-state index is -0.635. The minimum absolute atomic E-state index is 0.250. The smallest absolute Gasteiger partial charge is 0.338 e. The predicted molar refractivity (Wildman–Crippen MR) is 134 cm³/mol. The molecule has 2 aromatic rings. The van der Waals surface area contributed by atoms with Crippen LogP contribution in [0.3, 0.4) is 0 Å². The average Bonchev–Trinajstić information content (AvgIpc) is 2.88. The zero-order valence-corrected chi connectivity index (χ0v) is 20.7. The molecule has 8 nitrogen and oxygen atoms in total. The maximum absolute atomic E-state index is 13.2. The standard InChI is InChI=1S/C27H34N4O4/c1-4-30-14-16-31(17-15-30)19-23-24(26(32)34-5-2)25(28-27(33)29(23)3)20-10-9-13-22(18-20)35-21-11-7-6-8-12-21/h6-13,18,25H,4-5,14-17,19H2,1-3H3,(H,28,33)/t25-/m0/s1. The SMILES string of the molecule is CCOC(=O)C1=C(CN2CCN(CC)CC2)N(C)C(=O)N[C@H]1c1cccc(Oc2ccccc2)c1. The van der Waals surface area contributed by atoms with E-state index in [0.717, 1.165) is 38.3 Å². The van der Waals surface area contributed by atoms with E-state index in [1.807, 2.05) is 54.6 Å². The summed E-state index contributed by atoms with van der Waals surface area (Å²) in [6.07, 6.45) is 0. The molecule has 0 saturated carbocycles. The third kappa shape index (κ3) is 5.83. The number of hydrogen-bond acceptors (Lipinski definition) is 6. The van der Waals surface area contributed by atoms with Crippen LogP contribution in [0.5, 0.6) is 11.5 Å². The number of carbonyl (C=O) groups is 2. The van der Waals surface area contributed by atoms with E-state index in [1.165, 1.54) is 0 Å². The molecular weight excluding hydrogens is 444 g/mol. The summed E-state index contributed by atoms with van der Waals surface area (Å²) in [5, 5.41) is 2.99. The van der Waals surface area contributed by atoms with Gasteiger partial charge >= 0.3 is 12.0 Å². The molecule has 0 radical (unpaired) electrons. The molecule has 2 aliphatic rings. The summed E-state index contributed by atoms with van der Waals surface area (Å²) in [6, 6.07) is 16.1. The Hall–Kier alpha value is -3.36. The van der Waals surface area contributed by atoms with Crippen LogP contribution in [0.1, 0.15) is 25.5 Å². The molecule has 1 saturated heterocycles. The van der Waals surface area contributed by atoms with Crippen LogP contribution in [0.15, 0.2) is 65.9 Å². The highest BCUT2D eigenvalue weighted by atomic mass is 16.5. The van der Waals surface area contributed by atoms with Gasteiger partial charge in [0.1, 0.15) is 11.5 Å². The van der Waals surface area contributed by atoms with Gasteiger partial charge in [0.2, 0.25) is 0 Å². The molecule has 186 valence electrons. The highest BCUT2D eigenvalue weighted by molar-refractivity contribution is 5.95. The van der Waals surface area contributed by atoms with E-state index in [-0.39, 0.29) is 12.6 Å². The summed E-state index contributed by atoms with van der Waals surface area (Å²) in [6.45, 7) is 9.44. The molecule has 1 N–H and O–H groups in total. The van der Waals surface area contributed by atoms with Crippen LogP contribution in [0.25, 0.3) is 0 Å². The number of para-hydroxylation sites is 1. The topological polar surface area (TPSA) is 74.4 Å². The Labute approximate surface area is 207 Å². The van der Waals surface area contributed by atoms with Crippen LogP contribution in [0.4, 0.5) is 4.79 Å². The average molecular weight is 479 g/mol. The molecule has 4 rings (SSSR count). The maximum Gasteiger partial charge on any atom is 0.338 e. The van der Waals surface area contributed by atoms with Gasteiger partial charge in [-0.15, -0.1) is 0 Å². The number of benzene rings is 2. The van der Waals surface area contributed by atoms with Gasteiger partial charge in [-0.3, -0.25) is 9.80 Å². The van der Waals surface area contributed by atoms with Gasteiger partial charge in [-0.05, 0) is 43.3 Å². The Kier molecular flexibility index (Phi) is 8.05. The lowest BCUT2D eigenvalue weighted by Crippen LogP contribution is -2.52. The largest absolute Gasteiger partial charge is 0.463 e. The lowest BCUT2D eigenvalue weighted by atomic mass is 9.94. The van der Waals surface area contributed by atoms with Gasteiger partial charge in [0.05, 0.1) is 18.2 Å². The lowest BCUT2D eigenvalue weighted by Gasteiger charge is -2.39. The first-order valence-corrected chi connectivity index (χ1v) is 12.2. The zero-order chi connectivity index (χ0) is 24.8. The molecule has 0 unspecified atom stereocenters. The number of amides is 2. The van der Waals surface area contributed by atoms with Crippen LogP contribution >= 0.6 is 0 Å². The number of hydrogen-bond donors (Lipinski definition) is 1. The number of urea groups is 1. The van der Waals surface area contributed by atoms with E-state index in [2.05, 4.69) is 22.0 Å². The number of likely N-dealkylation sites (N-methyl/N-ethyl adjacent to an activating group) is 2. The first kappa shape index (κ1) is 24.8. The van der Waals surface area contributed by atoms with E-state index in [9.17, 15) is 9.59 Å². The third-order valence-corrected chi connectivity index (χ3v) is 6.53. The fraction of sp³-hybridized carbons (Fsp3) is 0.407. The van der Waals surface area contributed by atoms with E-state index < -0.39 is 12.0 Å². The summed E-state index contributed by atoms with van der Waals surface area (Å²) in [5.41, 5.74) is 1.90. The highest BCUT2D eigenvalue weighted by Crippen LogP contribution is 2.34. The Morgan fingerprint density at radius 3 is 2.34 bits per heavy atom. The number of esters is 1. The molecule has 1 atom stereocenters. The zero-order valence-electron chi connectivity index (χ0n) is 20.7. The number of nitrogens with zero attached hydrogens (tertiary/aromatic N) is 3. The number of piperazine rings is 1. The Morgan fingerprint density at radius 1 is 0.971 bits per heavy atom. The molecule has 2 heterocycles. The minimum Gasteiger partial charge on any atom is -0.463 e. The van der Waals surface area contributed by atoms with Crippen molar-refractivity contribution in [2.75, 3.05) is 52.9 Å². The van der Waals surface area contributed by atoms with Crippen LogP contribution in [0.2, 0.25) is 0 Å². The van der Waals surface area contributed by atoms with Crippen molar-refractivity contribution < 1.29 is 19.1 Å². The summed E-state index contributed by atoms with van der Waals surface area (Å²) in [4.78, 5) is 32.5. The van der Waals surface area contributed by atoms with Crippen LogP contribution in [-0.4, -0.2) is 79.6 Å². The molecule has 2 aromatic carbocycles. The summed E-state index contributed by atoms with van der Waals surface area (Å²) >= 11 is 0. The molecule has 2 amide bonds. The Balaban J connectivity index is 1.67. The maximum atomic E-state index is 13.2. The number of nitrogens with one attached hydrogen (secondary N) is 1. The molecule has 35 heavy (non-hydrogen) atoms. The van der Waals surface area contributed by atoms with E-state index >= 15 is 0 Å². The van der Waals surface area contributed by atoms with Crippen molar-refractivity contribution in [3.63, 3.8) is 0 Å². The van der Waals surface area contributed by atoms with Gasteiger partial charge < -0.3 is 19.7 Å². The molecule has 2 aliphatic heterocycles.